The smallest absolute Gasteiger partial charge is 0.322 e. The minimum Gasteiger partial charge on any atom is -0.467 e. The van der Waals surface area contributed by atoms with Crippen molar-refractivity contribution in [3.63, 3.8) is 0 Å². The van der Waals surface area contributed by atoms with Gasteiger partial charge in [-0.3, -0.25) is 5.43 Å². The highest BCUT2D eigenvalue weighted by Gasteiger charge is 2.14. The van der Waals surface area contributed by atoms with E-state index in [1.54, 1.807) is 0 Å². The fourth-order valence-electron chi connectivity index (χ4n) is 1.78. The van der Waals surface area contributed by atoms with Crippen LogP contribution < -0.4 is 20.9 Å². The third-order valence-corrected chi connectivity index (χ3v) is 3.15. The molecule has 0 fully saturated rings. The zero-order valence-electron chi connectivity index (χ0n) is 13.8. The third kappa shape index (κ3) is 6.12. The normalized spacial score (nSPS) is 11.0. The lowest BCUT2D eigenvalue weighted by atomic mass is 10.1. The number of aromatic nitrogens is 3. The summed E-state index contributed by atoms with van der Waals surface area (Å²) in [6.07, 6.45) is 2.16. The van der Waals surface area contributed by atoms with Gasteiger partial charge in [0.15, 0.2) is 0 Å². The van der Waals surface area contributed by atoms with E-state index in [0.717, 1.165) is 25.9 Å². The van der Waals surface area contributed by atoms with E-state index in [9.17, 15) is 0 Å². The number of nitrogens with one attached hydrogen (secondary N) is 1. The van der Waals surface area contributed by atoms with Crippen molar-refractivity contribution in [2.75, 3.05) is 30.5 Å². The zero-order chi connectivity index (χ0) is 15.8. The maximum Gasteiger partial charge on any atom is 0.322 e. The predicted molar refractivity (Wildman–Crippen MR) is 85.3 cm³/mol. The first kappa shape index (κ1) is 17.4. The summed E-state index contributed by atoms with van der Waals surface area (Å²) in [6, 6.07) is 0.270. The number of nitrogens with zero attached hydrogens (tertiary/aromatic N) is 4. The first-order valence-corrected chi connectivity index (χ1v) is 7.47. The lowest BCUT2D eigenvalue weighted by molar-refractivity contribution is 0.378. The largest absolute Gasteiger partial charge is 0.467 e. The Labute approximate surface area is 127 Å². The van der Waals surface area contributed by atoms with E-state index in [-0.39, 0.29) is 6.01 Å². The molecule has 21 heavy (non-hydrogen) atoms. The molecular formula is C14H28N6O. The van der Waals surface area contributed by atoms with E-state index in [0.29, 0.717) is 23.7 Å². The van der Waals surface area contributed by atoms with Gasteiger partial charge in [0.1, 0.15) is 0 Å². The Morgan fingerprint density at radius 2 is 1.62 bits per heavy atom. The lowest BCUT2D eigenvalue weighted by Crippen LogP contribution is -2.30. The maximum absolute atomic E-state index is 5.41. The molecule has 1 aromatic rings. The van der Waals surface area contributed by atoms with Crippen LogP contribution in [0.4, 0.5) is 11.9 Å². The fraction of sp³-hybridized carbons (Fsp3) is 0.786. The monoisotopic (exact) mass is 296 g/mol. The molecule has 0 spiro atoms. The summed E-state index contributed by atoms with van der Waals surface area (Å²) in [5.74, 6) is 7.59. The Morgan fingerprint density at radius 1 is 1.05 bits per heavy atom. The molecule has 1 aromatic heterocycles. The van der Waals surface area contributed by atoms with Crippen LogP contribution in [0.15, 0.2) is 0 Å². The second-order valence-corrected chi connectivity index (χ2v) is 5.94. The van der Waals surface area contributed by atoms with Gasteiger partial charge in [-0.2, -0.15) is 15.0 Å². The molecule has 1 rings (SSSR count). The number of ether oxygens (including phenoxy) is 1. The van der Waals surface area contributed by atoms with Crippen molar-refractivity contribution in [2.45, 2.75) is 40.5 Å². The van der Waals surface area contributed by atoms with E-state index < -0.39 is 0 Å². The number of methoxy groups -OCH3 is 1. The molecule has 0 aliphatic rings. The molecule has 0 saturated carbocycles. The van der Waals surface area contributed by atoms with Crippen LogP contribution in [-0.4, -0.2) is 35.2 Å². The van der Waals surface area contributed by atoms with Crippen LogP contribution in [0, 0.1) is 11.8 Å². The Bertz CT molecular complexity index is 390. The topological polar surface area (TPSA) is 89.2 Å². The summed E-state index contributed by atoms with van der Waals surface area (Å²) in [7, 11) is 1.53. The van der Waals surface area contributed by atoms with Crippen molar-refractivity contribution < 1.29 is 4.74 Å². The number of hydrogen-bond donors (Lipinski definition) is 2. The number of nitrogen functional groups attached to an aromatic ring is 1. The van der Waals surface area contributed by atoms with Crippen LogP contribution in [0.2, 0.25) is 0 Å². The standard InChI is InChI=1S/C14H28N6O/c1-10(2)6-8-20(9-7-11(3)4)13-16-12(19-15)17-14(18-13)21-5/h10-11H,6-9,15H2,1-5H3,(H,16,17,18,19). The van der Waals surface area contributed by atoms with Gasteiger partial charge < -0.3 is 9.64 Å². The molecule has 0 amide bonds. The van der Waals surface area contributed by atoms with Crippen molar-refractivity contribution in [2.24, 2.45) is 17.7 Å². The van der Waals surface area contributed by atoms with Crippen molar-refractivity contribution in [1.82, 2.24) is 15.0 Å². The van der Waals surface area contributed by atoms with Crippen LogP contribution >= 0.6 is 0 Å². The predicted octanol–water partition coefficient (Wildman–Crippen LogP) is 2.06. The zero-order valence-corrected chi connectivity index (χ0v) is 13.8. The maximum atomic E-state index is 5.41. The summed E-state index contributed by atoms with van der Waals surface area (Å²) in [4.78, 5) is 14.9. The second-order valence-electron chi connectivity index (χ2n) is 5.94. The minimum atomic E-state index is 0.270. The van der Waals surface area contributed by atoms with Gasteiger partial charge in [-0.15, -0.1) is 0 Å². The van der Waals surface area contributed by atoms with Crippen LogP contribution in [0.3, 0.4) is 0 Å². The van der Waals surface area contributed by atoms with E-state index in [2.05, 4.69) is 53.0 Å². The third-order valence-electron chi connectivity index (χ3n) is 3.15. The summed E-state index contributed by atoms with van der Waals surface area (Å²) < 4.78 is 5.11. The molecule has 0 saturated heterocycles. The number of nitrogens with two attached hydrogens (primary N) is 1. The van der Waals surface area contributed by atoms with Crippen LogP contribution in [0.1, 0.15) is 40.5 Å². The van der Waals surface area contributed by atoms with Gasteiger partial charge in [-0.1, -0.05) is 27.7 Å². The van der Waals surface area contributed by atoms with E-state index in [4.69, 9.17) is 10.6 Å². The van der Waals surface area contributed by atoms with Crippen LogP contribution in [-0.2, 0) is 0 Å². The molecule has 0 aromatic carbocycles. The Kier molecular flexibility index (Phi) is 7.14. The lowest BCUT2D eigenvalue weighted by Gasteiger charge is -2.24. The summed E-state index contributed by atoms with van der Waals surface area (Å²) in [5, 5.41) is 0. The summed E-state index contributed by atoms with van der Waals surface area (Å²) in [5.41, 5.74) is 2.46. The molecule has 7 nitrogen and oxygen atoms in total. The molecule has 0 unspecified atom stereocenters. The average molecular weight is 296 g/mol. The second kappa shape index (κ2) is 8.61. The van der Waals surface area contributed by atoms with Gasteiger partial charge >= 0.3 is 6.01 Å². The highest BCUT2D eigenvalue weighted by molar-refractivity contribution is 5.37. The van der Waals surface area contributed by atoms with Gasteiger partial charge in [0.25, 0.3) is 0 Å². The molecular weight excluding hydrogens is 268 g/mol. The molecule has 120 valence electrons. The highest BCUT2D eigenvalue weighted by Crippen LogP contribution is 2.17. The number of hydrazine groups is 1. The molecule has 3 N–H and O–H groups in total. The first-order chi connectivity index (χ1) is 9.96. The average Bonchev–Trinajstić information content (AvgIpc) is 2.46. The van der Waals surface area contributed by atoms with Gasteiger partial charge in [-0.05, 0) is 24.7 Å². The minimum absolute atomic E-state index is 0.270. The van der Waals surface area contributed by atoms with Crippen molar-refractivity contribution in [3.8, 4) is 6.01 Å². The summed E-state index contributed by atoms with van der Waals surface area (Å²) >= 11 is 0. The fourth-order valence-corrected chi connectivity index (χ4v) is 1.78. The van der Waals surface area contributed by atoms with Gasteiger partial charge in [0.2, 0.25) is 11.9 Å². The highest BCUT2D eigenvalue weighted by atomic mass is 16.5. The molecule has 0 atom stereocenters. The first-order valence-electron chi connectivity index (χ1n) is 7.47. The van der Waals surface area contributed by atoms with E-state index >= 15 is 0 Å². The van der Waals surface area contributed by atoms with Gasteiger partial charge in [0.05, 0.1) is 7.11 Å². The Hall–Kier alpha value is -1.63. The Balaban J connectivity index is 2.93. The van der Waals surface area contributed by atoms with Crippen molar-refractivity contribution in [3.05, 3.63) is 0 Å². The quantitative estimate of drug-likeness (QED) is 0.532. The van der Waals surface area contributed by atoms with E-state index in [1.807, 2.05) is 0 Å². The SMILES string of the molecule is COc1nc(NN)nc(N(CCC(C)C)CCC(C)C)n1. The molecule has 0 aliphatic carbocycles. The summed E-state index contributed by atoms with van der Waals surface area (Å²) in [6.45, 7) is 10.6. The van der Waals surface area contributed by atoms with Gasteiger partial charge in [0, 0.05) is 13.1 Å². The number of hydrogen-bond acceptors (Lipinski definition) is 7. The van der Waals surface area contributed by atoms with Crippen molar-refractivity contribution >= 4 is 11.9 Å². The van der Waals surface area contributed by atoms with Gasteiger partial charge in [-0.25, -0.2) is 5.84 Å². The molecule has 0 radical (unpaired) electrons. The van der Waals surface area contributed by atoms with Crippen LogP contribution in [0.5, 0.6) is 6.01 Å². The van der Waals surface area contributed by atoms with E-state index in [1.165, 1.54) is 7.11 Å². The molecule has 1 heterocycles. The van der Waals surface area contributed by atoms with Crippen LogP contribution in [0.25, 0.3) is 0 Å². The van der Waals surface area contributed by atoms with Crippen molar-refractivity contribution in [1.29, 1.82) is 0 Å². The molecule has 0 aliphatic heterocycles. The Morgan fingerprint density at radius 3 is 2.05 bits per heavy atom. The molecule has 7 heteroatoms. The number of anilines is 2. The number of rotatable bonds is 9. The molecule has 0 bridgehead atoms.